The quantitative estimate of drug-likeness (QED) is 0.340. The molecule has 2 aromatic carbocycles. The number of hydrogen-bond acceptors (Lipinski definition) is 7. The molecular weight excluding hydrogens is 476 g/mol. The summed E-state index contributed by atoms with van der Waals surface area (Å²) in [5, 5.41) is 15.8. The average Bonchev–Trinajstić information content (AvgIpc) is 3.56. The molecule has 0 aliphatic rings. The van der Waals surface area contributed by atoms with Crippen molar-refractivity contribution in [2.45, 2.75) is 6.92 Å². The van der Waals surface area contributed by atoms with Gasteiger partial charge >= 0.3 is 0 Å². The summed E-state index contributed by atoms with van der Waals surface area (Å²) in [6.07, 6.45) is 0. The molecule has 5 aromatic rings. The van der Waals surface area contributed by atoms with Crippen molar-refractivity contribution in [3.05, 3.63) is 64.1 Å². The van der Waals surface area contributed by atoms with Crippen LogP contribution in [0.4, 0.5) is 5.95 Å². The number of halogens is 1. The molecule has 0 radical (unpaired) electrons. The molecule has 0 atom stereocenters. The van der Waals surface area contributed by atoms with Gasteiger partial charge in [-0.3, -0.25) is 15.2 Å². The van der Waals surface area contributed by atoms with Gasteiger partial charge in [0, 0.05) is 11.5 Å². The average molecular weight is 495 g/mol. The van der Waals surface area contributed by atoms with E-state index in [0.29, 0.717) is 32.8 Å². The molecule has 0 aliphatic heterocycles. The van der Waals surface area contributed by atoms with Gasteiger partial charge in [-0.1, -0.05) is 23.7 Å². The maximum atomic E-state index is 13.0. The van der Waals surface area contributed by atoms with E-state index in [1.165, 1.54) is 11.3 Å². The van der Waals surface area contributed by atoms with Crippen molar-refractivity contribution in [2.24, 2.45) is 0 Å². The van der Waals surface area contributed by atoms with Crippen LogP contribution in [0.5, 0.6) is 11.5 Å². The van der Waals surface area contributed by atoms with Crippen LogP contribution in [-0.2, 0) is 0 Å². The number of nitrogens with one attached hydrogen (secondary N) is 2. The largest absolute Gasteiger partial charge is 0.497 e. The summed E-state index contributed by atoms with van der Waals surface area (Å²) < 4.78 is 12.4. The summed E-state index contributed by atoms with van der Waals surface area (Å²) in [7, 11) is 3.14. The van der Waals surface area contributed by atoms with Gasteiger partial charge in [0.2, 0.25) is 5.95 Å². The molecule has 3 aromatic heterocycles. The van der Waals surface area contributed by atoms with Crippen molar-refractivity contribution < 1.29 is 14.3 Å². The molecule has 172 valence electrons. The highest BCUT2D eigenvalue weighted by Gasteiger charge is 2.20. The van der Waals surface area contributed by atoms with E-state index in [9.17, 15) is 4.79 Å². The first kappa shape index (κ1) is 21.9. The number of thiophene rings is 1. The molecule has 1 amide bonds. The third-order valence-corrected chi connectivity index (χ3v) is 6.65. The summed E-state index contributed by atoms with van der Waals surface area (Å²) in [5.41, 5.74) is 2.24. The number of para-hydroxylation sites is 1. The number of H-pyrrole nitrogens is 1. The van der Waals surface area contributed by atoms with Crippen LogP contribution in [0.1, 0.15) is 15.4 Å². The van der Waals surface area contributed by atoms with Gasteiger partial charge in [0.15, 0.2) is 5.82 Å². The van der Waals surface area contributed by atoms with Crippen LogP contribution >= 0.6 is 22.9 Å². The maximum Gasteiger partial charge on any atom is 0.268 e. The lowest BCUT2D eigenvalue weighted by Crippen LogP contribution is -2.11. The van der Waals surface area contributed by atoms with Crippen LogP contribution in [0, 0.1) is 6.92 Å². The minimum atomic E-state index is -0.321. The van der Waals surface area contributed by atoms with E-state index in [4.69, 9.17) is 21.1 Å². The van der Waals surface area contributed by atoms with Gasteiger partial charge in [0.05, 0.1) is 41.1 Å². The molecule has 0 fully saturated rings. The van der Waals surface area contributed by atoms with Gasteiger partial charge in [0.1, 0.15) is 16.3 Å². The SMILES string of the molecule is COc1ccc(-c2nc(NC(=O)c3cc4c(C)nn(-c5ccccc5Cl)c4s3)n[nH]2)c(OC)c1. The van der Waals surface area contributed by atoms with Crippen molar-refractivity contribution in [3.63, 3.8) is 0 Å². The number of rotatable bonds is 6. The fourth-order valence-corrected chi connectivity index (χ4v) is 4.83. The second-order valence-corrected chi connectivity index (χ2v) is 8.74. The Morgan fingerprint density at radius 2 is 1.97 bits per heavy atom. The highest BCUT2D eigenvalue weighted by atomic mass is 35.5. The van der Waals surface area contributed by atoms with Gasteiger partial charge in [-0.25, -0.2) is 4.68 Å². The predicted molar refractivity (Wildman–Crippen MR) is 132 cm³/mol. The Hall–Kier alpha value is -3.89. The highest BCUT2D eigenvalue weighted by molar-refractivity contribution is 7.20. The molecule has 0 aliphatic carbocycles. The number of ether oxygens (including phenoxy) is 2. The molecule has 0 unspecified atom stereocenters. The van der Waals surface area contributed by atoms with Crippen LogP contribution in [0.25, 0.3) is 27.3 Å². The normalized spacial score (nSPS) is 11.1. The molecular formula is C23H19ClN6O3S. The van der Waals surface area contributed by atoms with E-state index in [2.05, 4.69) is 25.6 Å². The van der Waals surface area contributed by atoms with Crippen LogP contribution in [0.15, 0.2) is 48.5 Å². The highest BCUT2D eigenvalue weighted by Crippen LogP contribution is 2.34. The third kappa shape index (κ3) is 3.87. The fraction of sp³-hybridized carbons (Fsp3) is 0.130. The Labute approximate surface area is 203 Å². The van der Waals surface area contributed by atoms with E-state index in [-0.39, 0.29) is 11.9 Å². The molecule has 9 nitrogen and oxygen atoms in total. The molecule has 0 saturated heterocycles. The molecule has 2 N–H and O–H groups in total. The van der Waals surface area contributed by atoms with Gasteiger partial charge < -0.3 is 9.47 Å². The second kappa shape index (κ2) is 8.81. The number of methoxy groups -OCH3 is 2. The fourth-order valence-electron chi connectivity index (χ4n) is 3.54. The Morgan fingerprint density at radius 3 is 2.74 bits per heavy atom. The molecule has 0 spiro atoms. The molecule has 3 heterocycles. The van der Waals surface area contributed by atoms with Gasteiger partial charge in [-0.2, -0.15) is 10.1 Å². The first-order chi connectivity index (χ1) is 16.5. The Morgan fingerprint density at radius 1 is 1.15 bits per heavy atom. The number of fused-ring (bicyclic) bond motifs is 1. The smallest absolute Gasteiger partial charge is 0.268 e. The van der Waals surface area contributed by atoms with E-state index >= 15 is 0 Å². The first-order valence-corrected chi connectivity index (χ1v) is 11.4. The van der Waals surface area contributed by atoms with Crippen molar-refractivity contribution in [3.8, 4) is 28.6 Å². The summed E-state index contributed by atoms with van der Waals surface area (Å²) >= 11 is 7.68. The van der Waals surface area contributed by atoms with Gasteiger partial charge in [0.25, 0.3) is 5.91 Å². The zero-order valence-electron chi connectivity index (χ0n) is 18.4. The number of benzene rings is 2. The number of nitrogens with zero attached hydrogens (tertiary/aromatic N) is 4. The van der Waals surface area contributed by atoms with E-state index in [1.807, 2.05) is 31.2 Å². The summed E-state index contributed by atoms with van der Waals surface area (Å²) in [6.45, 7) is 1.90. The first-order valence-electron chi connectivity index (χ1n) is 10.2. The Balaban J connectivity index is 1.42. The van der Waals surface area contributed by atoms with Crippen LogP contribution in [0.2, 0.25) is 5.02 Å². The molecule has 0 saturated carbocycles. The van der Waals surface area contributed by atoms with Crippen molar-refractivity contribution in [1.29, 1.82) is 0 Å². The van der Waals surface area contributed by atoms with E-state index < -0.39 is 0 Å². The van der Waals surface area contributed by atoms with E-state index in [0.717, 1.165) is 21.6 Å². The number of carbonyl (C=O) groups excluding carboxylic acids is 1. The second-order valence-electron chi connectivity index (χ2n) is 7.31. The zero-order valence-corrected chi connectivity index (χ0v) is 20.0. The van der Waals surface area contributed by atoms with Crippen molar-refractivity contribution >= 4 is 45.0 Å². The molecule has 0 bridgehead atoms. The number of aromatic amines is 1. The number of aryl methyl sites for hydroxylation is 1. The van der Waals surface area contributed by atoms with E-state index in [1.54, 1.807) is 43.2 Å². The lowest BCUT2D eigenvalue weighted by Gasteiger charge is -2.07. The van der Waals surface area contributed by atoms with Crippen LogP contribution < -0.4 is 14.8 Å². The minimum Gasteiger partial charge on any atom is -0.497 e. The van der Waals surface area contributed by atoms with Crippen LogP contribution in [0.3, 0.4) is 0 Å². The lowest BCUT2D eigenvalue weighted by atomic mass is 10.2. The number of anilines is 1. The Kier molecular flexibility index (Phi) is 5.68. The summed E-state index contributed by atoms with van der Waals surface area (Å²) in [4.78, 5) is 18.7. The monoisotopic (exact) mass is 494 g/mol. The lowest BCUT2D eigenvalue weighted by molar-refractivity contribution is 0.102. The van der Waals surface area contributed by atoms with Gasteiger partial charge in [-0.15, -0.1) is 16.4 Å². The number of hydrogen-bond donors (Lipinski definition) is 2. The third-order valence-electron chi connectivity index (χ3n) is 5.22. The maximum absolute atomic E-state index is 13.0. The summed E-state index contributed by atoms with van der Waals surface area (Å²) in [6, 6.07) is 14.6. The number of carbonyl (C=O) groups is 1. The van der Waals surface area contributed by atoms with Gasteiger partial charge in [-0.05, 0) is 37.3 Å². The number of aromatic nitrogens is 5. The summed E-state index contributed by atoms with van der Waals surface area (Å²) in [5.74, 6) is 1.51. The van der Waals surface area contributed by atoms with Crippen molar-refractivity contribution in [2.75, 3.05) is 19.5 Å². The Bertz CT molecular complexity index is 1520. The molecule has 11 heteroatoms. The van der Waals surface area contributed by atoms with Crippen LogP contribution in [-0.4, -0.2) is 45.1 Å². The topological polar surface area (TPSA) is 107 Å². The number of amides is 1. The standard InChI is InChI=1S/C23H19ClN6O3S/c1-12-15-11-19(34-22(15)30(29-12)17-7-5-4-6-16(17)24)21(31)26-23-25-20(27-28-23)14-9-8-13(32-2)10-18(14)33-3/h4-11H,1-3H3,(H2,25,26,27,28,31). The minimum absolute atomic E-state index is 0.153. The molecule has 34 heavy (non-hydrogen) atoms. The predicted octanol–water partition coefficient (Wildman–Crippen LogP) is 5.10. The molecule has 5 rings (SSSR count). The van der Waals surface area contributed by atoms with Crippen molar-refractivity contribution in [1.82, 2.24) is 25.0 Å². The zero-order chi connectivity index (χ0) is 23.8.